The minimum Gasteiger partial charge on any atom is -0.490 e. The van der Waals surface area contributed by atoms with Gasteiger partial charge < -0.3 is 8.92 Å². The molecular weight excluding hydrogens is 577 g/mol. The van der Waals surface area contributed by atoms with Crippen LogP contribution in [0.5, 0.6) is 11.5 Å². The van der Waals surface area contributed by atoms with Crippen LogP contribution in [0.2, 0.25) is 0 Å². The van der Waals surface area contributed by atoms with Gasteiger partial charge in [0.15, 0.2) is 11.5 Å². The number of nitrogens with zero attached hydrogens (tertiary/aromatic N) is 1. The van der Waals surface area contributed by atoms with Gasteiger partial charge in [0.05, 0.1) is 29.3 Å². The van der Waals surface area contributed by atoms with Crippen LogP contribution < -0.4 is 14.3 Å². The molecule has 0 atom stereocenters. The normalized spacial score (nSPS) is 11.9. The van der Waals surface area contributed by atoms with Crippen molar-refractivity contribution in [3.05, 3.63) is 87.4 Å². The van der Waals surface area contributed by atoms with E-state index in [-0.39, 0.29) is 39.5 Å². The third kappa shape index (κ3) is 7.80. The number of alkyl halides is 3. The van der Waals surface area contributed by atoms with Crippen LogP contribution in [0.4, 0.5) is 13.2 Å². The van der Waals surface area contributed by atoms with E-state index in [1.54, 1.807) is 19.1 Å². The second kappa shape index (κ2) is 11.8. The van der Waals surface area contributed by atoms with Gasteiger partial charge in [-0.15, -0.1) is 0 Å². The van der Waals surface area contributed by atoms with Crippen molar-refractivity contribution >= 4 is 38.2 Å². The first-order valence-corrected chi connectivity index (χ1v) is 13.0. The lowest BCUT2D eigenvalue weighted by Gasteiger charge is -2.14. The summed E-state index contributed by atoms with van der Waals surface area (Å²) in [5.41, 5.74) is 2.90. The van der Waals surface area contributed by atoms with Crippen LogP contribution in [0, 0.1) is 6.92 Å². The zero-order valence-electron chi connectivity index (χ0n) is 19.7. The molecule has 1 amide bonds. The zero-order valence-corrected chi connectivity index (χ0v) is 22.1. The molecule has 0 aliphatic carbocycles. The van der Waals surface area contributed by atoms with Crippen LogP contribution in [0.15, 0.2) is 75.1 Å². The van der Waals surface area contributed by atoms with Crippen LogP contribution in [0.25, 0.3) is 0 Å². The van der Waals surface area contributed by atoms with Gasteiger partial charge in [0.25, 0.3) is 0 Å². The summed E-state index contributed by atoms with van der Waals surface area (Å²) in [6.07, 6.45) is -3.54. The van der Waals surface area contributed by atoms with Crippen LogP contribution in [0.1, 0.15) is 29.2 Å². The Hall–Kier alpha value is -3.38. The average Bonchev–Trinajstić information content (AvgIpc) is 2.81. The quantitative estimate of drug-likeness (QED) is 0.195. The predicted octanol–water partition coefficient (Wildman–Crippen LogP) is 5.64. The lowest BCUT2D eigenvalue weighted by molar-refractivity contribution is -0.137. The fourth-order valence-corrected chi connectivity index (χ4v) is 4.74. The van der Waals surface area contributed by atoms with E-state index in [9.17, 15) is 26.4 Å². The van der Waals surface area contributed by atoms with E-state index in [0.717, 1.165) is 17.7 Å². The molecule has 0 saturated carbocycles. The summed E-state index contributed by atoms with van der Waals surface area (Å²) >= 11 is 3.28. The molecule has 12 heteroatoms. The topological polar surface area (TPSA) is 94.1 Å². The highest BCUT2D eigenvalue weighted by atomic mass is 79.9. The molecule has 0 heterocycles. The number of nitrogens with one attached hydrogen (secondary N) is 1. The molecule has 37 heavy (non-hydrogen) atoms. The van der Waals surface area contributed by atoms with Crippen molar-refractivity contribution in [1.29, 1.82) is 0 Å². The Morgan fingerprint density at radius 3 is 2.46 bits per heavy atom. The van der Waals surface area contributed by atoms with Crippen molar-refractivity contribution in [3.8, 4) is 11.5 Å². The Morgan fingerprint density at radius 2 is 1.81 bits per heavy atom. The highest BCUT2D eigenvalue weighted by molar-refractivity contribution is 9.10. The molecule has 1 N–H and O–H groups in total. The van der Waals surface area contributed by atoms with Gasteiger partial charge in [0.2, 0.25) is 5.91 Å². The van der Waals surface area contributed by atoms with Crippen LogP contribution in [0.3, 0.4) is 0 Å². The molecule has 0 spiro atoms. The molecule has 0 unspecified atom stereocenters. The maximum atomic E-state index is 12.9. The smallest absolute Gasteiger partial charge is 0.416 e. The van der Waals surface area contributed by atoms with E-state index in [0.29, 0.717) is 5.56 Å². The summed E-state index contributed by atoms with van der Waals surface area (Å²) in [5.74, 6) is -0.568. The van der Waals surface area contributed by atoms with Crippen LogP contribution >= 0.6 is 15.9 Å². The first-order chi connectivity index (χ1) is 17.4. The van der Waals surface area contributed by atoms with Crippen molar-refractivity contribution in [2.24, 2.45) is 5.10 Å². The summed E-state index contributed by atoms with van der Waals surface area (Å²) in [5, 5.41) is 3.83. The van der Waals surface area contributed by atoms with Crippen LogP contribution in [-0.4, -0.2) is 27.1 Å². The van der Waals surface area contributed by atoms with E-state index in [4.69, 9.17) is 8.92 Å². The van der Waals surface area contributed by atoms with Gasteiger partial charge in [0, 0.05) is 0 Å². The van der Waals surface area contributed by atoms with E-state index in [1.807, 2.05) is 6.92 Å². The van der Waals surface area contributed by atoms with E-state index < -0.39 is 27.8 Å². The molecular formula is C25H22BrF3N2O5S. The van der Waals surface area contributed by atoms with Gasteiger partial charge in [0.1, 0.15) is 4.90 Å². The van der Waals surface area contributed by atoms with Gasteiger partial charge in [-0.25, -0.2) is 5.43 Å². The lowest BCUT2D eigenvalue weighted by Crippen LogP contribution is -2.20. The number of hydrogen-bond acceptors (Lipinski definition) is 6. The molecule has 0 fully saturated rings. The Labute approximate surface area is 220 Å². The number of hydrazone groups is 1. The summed E-state index contributed by atoms with van der Waals surface area (Å²) < 4.78 is 75.2. The Bertz CT molecular complexity index is 1410. The van der Waals surface area contributed by atoms with Gasteiger partial charge in [-0.05, 0) is 71.2 Å². The minimum atomic E-state index is -4.51. The number of aryl methyl sites for hydroxylation is 1. The van der Waals surface area contributed by atoms with E-state index in [2.05, 4.69) is 26.5 Å². The minimum absolute atomic E-state index is 0.0263. The lowest BCUT2D eigenvalue weighted by atomic mass is 10.1. The van der Waals surface area contributed by atoms with Gasteiger partial charge in [-0.1, -0.05) is 35.9 Å². The molecule has 3 aromatic carbocycles. The SMILES string of the molecule is CCOc1cc(/C=N\NC(=O)Cc2cccc(C(F)(F)F)c2)cc(Br)c1OS(=O)(=O)c1ccc(C)cc1. The van der Waals surface area contributed by atoms with Crippen molar-refractivity contribution in [1.82, 2.24) is 5.43 Å². The predicted molar refractivity (Wildman–Crippen MR) is 135 cm³/mol. The first kappa shape index (κ1) is 28.2. The van der Waals surface area contributed by atoms with Crippen molar-refractivity contribution in [2.75, 3.05) is 6.61 Å². The monoisotopic (exact) mass is 598 g/mol. The Morgan fingerprint density at radius 1 is 1.11 bits per heavy atom. The first-order valence-electron chi connectivity index (χ1n) is 10.8. The number of carbonyl (C=O) groups excluding carboxylic acids is 1. The standard InChI is InChI=1S/C25H22BrF3N2O5S/c1-3-35-22-13-18(12-21(26)24(22)36-37(33,34)20-9-7-16(2)8-10-20)15-30-31-23(32)14-17-5-4-6-19(11-17)25(27,28)29/h4-13,15H,3,14H2,1-2H3,(H,31,32)/b30-15-. The zero-order chi connectivity index (χ0) is 27.2. The molecule has 3 rings (SSSR count). The molecule has 196 valence electrons. The van der Waals surface area contributed by atoms with Gasteiger partial charge in [-0.2, -0.15) is 26.7 Å². The number of ether oxygens (including phenoxy) is 1. The molecule has 0 aromatic heterocycles. The number of halogens is 4. The highest BCUT2D eigenvalue weighted by Gasteiger charge is 2.30. The van der Waals surface area contributed by atoms with E-state index >= 15 is 0 Å². The number of hydrogen-bond donors (Lipinski definition) is 1. The Kier molecular flexibility index (Phi) is 8.98. The summed E-state index contributed by atoms with van der Waals surface area (Å²) in [6, 6.07) is 13.6. The summed E-state index contributed by atoms with van der Waals surface area (Å²) in [7, 11) is -4.15. The average molecular weight is 599 g/mol. The van der Waals surface area contributed by atoms with E-state index in [1.165, 1.54) is 42.6 Å². The number of amides is 1. The third-order valence-electron chi connectivity index (χ3n) is 4.86. The maximum Gasteiger partial charge on any atom is 0.416 e. The van der Waals surface area contributed by atoms with Gasteiger partial charge in [-0.3, -0.25) is 4.79 Å². The van der Waals surface area contributed by atoms with Crippen molar-refractivity contribution < 1.29 is 35.3 Å². The number of carbonyl (C=O) groups is 1. The number of rotatable bonds is 9. The molecule has 0 aliphatic heterocycles. The maximum absolute atomic E-state index is 12.9. The second-order valence-electron chi connectivity index (χ2n) is 7.78. The third-order valence-corrected chi connectivity index (χ3v) is 6.68. The molecule has 0 saturated heterocycles. The summed E-state index contributed by atoms with van der Waals surface area (Å²) in [6.45, 7) is 3.75. The second-order valence-corrected chi connectivity index (χ2v) is 10.2. The number of benzene rings is 3. The fraction of sp³-hybridized carbons (Fsp3) is 0.200. The van der Waals surface area contributed by atoms with Crippen molar-refractivity contribution in [3.63, 3.8) is 0 Å². The molecule has 3 aromatic rings. The molecule has 7 nitrogen and oxygen atoms in total. The highest BCUT2D eigenvalue weighted by Crippen LogP contribution is 2.38. The largest absolute Gasteiger partial charge is 0.490 e. The molecule has 0 bridgehead atoms. The fourth-order valence-electron chi connectivity index (χ4n) is 3.13. The Balaban J connectivity index is 1.74. The molecule has 0 radical (unpaired) electrons. The van der Waals surface area contributed by atoms with Crippen LogP contribution in [-0.2, 0) is 27.5 Å². The summed E-state index contributed by atoms with van der Waals surface area (Å²) in [4.78, 5) is 12.1. The molecule has 0 aliphatic rings. The van der Waals surface area contributed by atoms with Crippen molar-refractivity contribution in [2.45, 2.75) is 31.3 Å². The van der Waals surface area contributed by atoms with Gasteiger partial charge >= 0.3 is 16.3 Å².